The van der Waals surface area contributed by atoms with Gasteiger partial charge in [-0.2, -0.15) is 13.2 Å². The first-order valence-electron chi connectivity index (χ1n) is 10.3. The molecule has 31 heavy (non-hydrogen) atoms. The molecule has 1 aromatic carbocycles. The second kappa shape index (κ2) is 8.09. The average Bonchev–Trinajstić information content (AvgIpc) is 3.47. The van der Waals surface area contributed by atoms with Gasteiger partial charge >= 0.3 is 6.18 Å². The molecule has 166 valence electrons. The molecule has 0 spiro atoms. The van der Waals surface area contributed by atoms with E-state index in [1.54, 1.807) is 25.2 Å². The summed E-state index contributed by atoms with van der Waals surface area (Å²) in [7, 11) is 1.62. The zero-order valence-corrected chi connectivity index (χ0v) is 18.1. The number of carbonyl (C=O) groups is 2. The Bertz CT molecular complexity index is 995. The fraction of sp³-hybridized carbons (Fsp3) is 0.458. The molecule has 1 heterocycles. The Kier molecular flexibility index (Phi) is 6.00. The third-order valence-corrected chi connectivity index (χ3v) is 6.32. The summed E-state index contributed by atoms with van der Waals surface area (Å²) in [6.45, 7) is 6.10. The summed E-state index contributed by atoms with van der Waals surface area (Å²) in [6.07, 6.45) is -2.91. The minimum atomic E-state index is -4.45. The van der Waals surface area contributed by atoms with Crippen molar-refractivity contribution in [3.8, 4) is 11.3 Å². The number of aromatic nitrogens is 1. The number of halogens is 3. The molecule has 1 amide bonds. The van der Waals surface area contributed by atoms with E-state index in [1.807, 2.05) is 20.8 Å². The van der Waals surface area contributed by atoms with Crippen LogP contribution in [0, 0.1) is 16.7 Å². The molecule has 1 aliphatic carbocycles. The molecule has 0 unspecified atom stereocenters. The van der Waals surface area contributed by atoms with Gasteiger partial charge in [0.15, 0.2) is 5.78 Å². The second-order valence-corrected chi connectivity index (χ2v) is 9.15. The summed E-state index contributed by atoms with van der Waals surface area (Å²) in [6, 6.07) is 9.68. The van der Waals surface area contributed by atoms with Crippen molar-refractivity contribution in [3.05, 3.63) is 53.7 Å². The van der Waals surface area contributed by atoms with Crippen molar-refractivity contribution in [3.63, 3.8) is 0 Å². The number of ketones is 1. The summed E-state index contributed by atoms with van der Waals surface area (Å²) in [5.74, 6) is -0.0643. The lowest BCUT2D eigenvalue weighted by Crippen LogP contribution is -2.39. The number of nitrogens with one attached hydrogen (secondary N) is 1. The number of hydrogen-bond acceptors (Lipinski definition) is 3. The summed E-state index contributed by atoms with van der Waals surface area (Å²) >= 11 is 0. The van der Waals surface area contributed by atoms with E-state index in [1.165, 1.54) is 12.1 Å². The van der Waals surface area contributed by atoms with Crippen molar-refractivity contribution in [1.82, 2.24) is 10.3 Å². The van der Waals surface area contributed by atoms with E-state index in [4.69, 9.17) is 0 Å². The number of Topliss-reactive ketones (excluding diaryl/α,β-unsaturated/α-hetero) is 1. The zero-order chi connectivity index (χ0) is 23.0. The lowest BCUT2D eigenvalue weighted by molar-refractivity contribution is -0.137. The standard InChI is InChI=1S/C24H27F3N2O2/c1-22(2,3)23(21(31)28-4)14-17(23)11-12-20(30)19-10-6-9-18(29-19)15-7-5-8-16(13-15)24(25,26)27/h5-10,13,17H,11-12,14H2,1-4H3,(H,28,31)/t17-,23-/m0/s1. The van der Waals surface area contributed by atoms with Crippen molar-refractivity contribution < 1.29 is 22.8 Å². The first-order chi connectivity index (χ1) is 14.4. The molecule has 1 aliphatic rings. The highest BCUT2D eigenvalue weighted by Gasteiger charge is 2.65. The molecule has 0 aliphatic heterocycles. The number of alkyl halides is 3. The number of nitrogens with zero attached hydrogens (tertiary/aromatic N) is 1. The number of carbonyl (C=O) groups excluding carboxylic acids is 2. The lowest BCUT2D eigenvalue weighted by Gasteiger charge is -2.30. The molecule has 0 saturated heterocycles. The SMILES string of the molecule is CNC(=O)[C@]1(C(C)(C)C)C[C@@H]1CCC(=O)c1cccc(-c2cccc(C(F)(F)F)c2)n1. The molecule has 1 N–H and O–H groups in total. The number of benzene rings is 1. The highest BCUT2D eigenvalue weighted by molar-refractivity contribution is 5.95. The van der Waals surface area contributed by atoms with Crippen LogP contribution in [0.4, 0.5) is 13.2 Å². The minimum Gasteiger partial charge on any atom is -0.359 e. The van der Waals surface area contributed by atoms with Crippen LogP contribution in [0.3, 0.4) is 0 Å². The molecule has 0 bridgehead atoms. The van der Waals surface area contributed by atoms with Crippen LogP contribution in [-0.2, 0) is 11.0 Å². The highest BCUT2D eigenvalue weighted by Crippen LogP contribution is 2.65. The topological polar surface area (TPSA) is 59.1 Å². The van der Waals surface area contributed by atoms with Gasteiger partial charge < -0.3 is 5.32 Å². The molecule has 7 heteroatoms. The Balaban J connectivity index is 1.73. The third-order valence-electron chi connectivity index (χ3n) is 6.32. The molecule has 0 radical (unpaired) electrons. The van der Waals surface area contributed by atoms with Gasteiger partial charge in [0.25, 0.3) is 0 Å². The first kappa shape index (κ1) is 23.0. The molecule has 3 rings (SSSR count). The van der Waals surface area contributed by atoms with Crippen LogP contribution in [-0.4, -0.2) is 23.7 Å². The van der Waals surface area contributed by atoms with E-state index in [9.17, 15) is 22.8 Å². The maximum atomic E-state index is 13.0. The van der Waals surface area contributed by atoms with Crippen molar-refractivity contribution >= 4 is 11.7 Å². The predicted octanol–water partition coefficient (Wildman–Crippen LogP) is 5.53. The molecule has 1 saturated carbocycles. The van der Waals surface area contributed by atoms with Crippen molar-refractivity contribution in [2.75, 3.05) is 7.05 Å². The lowest BCUT2D eigenvalue weighted by atomic mass is 9.74. The fourth-order valence-corrected chi connectivity index (χ4v) is 4.48. The van der Waals surface area contributed by atoms with Gasteiger partial charge in [-0.25, -0.2) is 4.98 Å². The molecule has 1 fully saturated rings. The van der Waals surface area contributed by atoms with E-state index in [-0.39, 0.29) is 35.1 Å². The van der Waals surface area contributed by atoms with Crippen molar-refractivity contribution in [2.24, 2.45) is 16.7 Å². The quantitative estimate of drug-likeness (QED) is 0.611. The summed E-state index contributed by atoms with van der Waals surface area (Å²) in [5.41, 5.74) is -0.615. The molecular formula is C24H27F3N2O2. The van der Waals surface area contributed by atoms with Gasteiger partial charge in [-0.15, -0.1) is 0 Å². The zero-order valence-electron chi connectivity index (χ0n) is 18.1. The normalized spacial score (nSPS) is 20.9. The maximum Gasteiger partial charge on any atom is 0.416 e. The van der Waals surface area contributed by atoms with Crippen LogP contribution in [0.15, 0.2) is 42.5 Å². The van der Waals surface area contributed by atoms with Crippen molar-refractivity contribution in [1.29, 1.82) is 0 Å². The van der Waals surface area contributed by atoms with Gasteiger partial charge in [0, 0.05) is 19.0 Å². The number of rotatable bonds is 6. The van der Waals surface area contributed by atoms with Crippen LogP contribution in [0.25, 0.3) is 11.3 Å². The molecule has 2 aromatic rings. The Morgan fingerprint density at radius 1 is 1.13 bits per heavy atom. The Labute approximate surface area is 180 Å². The summed E-state index contributed by atoms with van der Waals surface area (Å²) in [5, 5.41) is 2.75. The molecule has 2 atom stereocenters. The van der Waals surface area contributed by atoms with Crippen molar-refractivity contribution in [2.45, 2.75) is 46.2 Å². The van der Waals surface area contributed by atoms with E-state index in [2.05, 4.69) is 10.3 Å². The van der Waals surface area contributed by atoms with Crippen LogP contribution >= 0.6 is 0 Å². The van der Waals surface area contributed by atoms with E-state index >= 15 is 0 Å². The average molecular weight is 432 g/mol. The maximum absolute atomic E-state index is 13.0. The van der Waals surface area contributed by atoms with Crippen LogP contribution < -0.4 is 5.32 Å². The fourth-order valence-electron chi connectivity index (χ4n) is 4.48. The Morgan fingerprint density at radius 3 is 2.42 bits per heavy atom. The first-order valence-corrected chi connectivity index (χ1v) is 10.3. The smallest absolute Gasteiger partial charge is 0.359 e. The molecule has 4 nitrogen and oxygen atoms in total. The Hall–Kier alpha value is -2.70. The molecule has 1 aromatic heterocycles. The van der Waals surface area contributed by atoms with Gasteiger partial charge in [0.2, 0.25) is 5.91 Å². The van der Waals surface area contributed by atoms with Gasteiger partial charge in [-0.3, -0.25) is 9.59 Å². The van der Waals surface area contributed by atoms with Gasteiger partial charge in [0.05, 0.1) is 16.7 Å². The van der Waals surface area contributed by atoms with E-state index in [0.717, 1.165) is 18.6 Å². The number of hydrogen-bond donors (Lipinski definition) is 1. The van der Waals surface area contributed by atoms with Crippen LogP contribution in [0.1, 0.15) is 56.1 Å². The predicted molar refractivity (Wildman–Crippen MR) is 112 cm³/mol. The van der Waals surface area contributed by atoms with E-state index < -0.39 is 17.2 Å². The second-order valence-electron chi connectivity index (χ2n) is 9.15. The monoisotopic (exact) mass is 432 g/mol. The Morgan fingerprint density at radius 2 is 1.81 bits per heavy atom. The highest BCUT2D eigenvalue weighted by atomic mass is 19.4. The minimum absolute atomic E-state index is 0.00196. The largest absolute Gasteiger partial charge is 0.416 e. The van der Waals surface area contributed by atoms with Crippen LogP contribution in [0.5, 0.6) is 0 Å². The summed E-state index contributed by atoms with van der Waals surface area (Å²) < 4.78 is 39.0. The van der Waals surface area contributed by atoms with Gasteiger partial charge in [-0.05, 0) is 48.4 Å². The van der Waals surface area contributed by atoms with Gasteiger partial charge in [0.1, 0.15) is 5.69 Å². The number of amides is 1. The number of pyridine rings is 1. The van der Waals surface area contributed by atoms with Crippen LogP contribution in [0.2, 0.25) is 0 Å². The summed E-state index contributed by atoms with van der Waals surface area (Å²) in [4.78, 5) is 29.5. The van der Waals surface area contributed by atoms with Gasteiger partial charge in [-0.1, -0.05) is 39.0 Å². The molecular weight excluding hydrogens is 405 g/mol. The van der Waals surface area contributed by atoms with E-state index in [0.29, 0.717) is 17.7 Å². The third kappa shape index (κ3) is 4.50.